The van der Waals surface area contributed by atoms with Crippen molar-refractivity contribution in [2.45, 2.75) is 25.4 Å². The summed E-state index contributed by atoms with van der Waals surface area (Å²) >= 11 is 0. The van der Waals surface area contributed by atoms with Crippen molar-refractivity contribution in [3.8, 4) is 0 Å². The van der Waals surface area contributed by atoms with Gasteiger partial charge in [-0.3, -0.25) is 0 Å². The molecule has 3 heteroatoms. The second kappa shape index (κ2) is 4.80. The van der Waals surface area contributed by atoms with Crippen LogP contribution in [0.1, 0.15) is 19.8 Å². The molecule has 3 nitrogen and oxygen atoms in total. The lowest BCUT2D eigenvalue weighted by atomic mass is 9.93. The van der Waals surface area contributed by atoms with E-state index in [0.29, 0.717) is 0 Å². The maximum absolute atomic E-state index is 5.52. The maximum atomic E-state index is 5.52. The molecule has 0 spiro atoms. The zero-order chi connectivity index (χ0) is 8.86. The second-order valence-electron chi connectivity index (χ2n) is 3.27. The van der Waals surface area contributed by atoms with Crippen LogP contribution in [0, 0.1) is 0 Å². The molecule has 0 aromatic heterocycles. The molecule has 0 unspecified atom stereocenters. The van der Waals surface area contributed by atoms with E-state index in [2.05, 4.69) is 5.32 Å². The molecule has 1 fully saturated rings. The third-order valence-electron chi connectivity index (χ3n) is 2.52. The minimum Gasteiger partial charge on any atom is -0.379 e. The van der Waals surface area contributed by atoms with E-state index in [4.69, 9.17) is 9.47 Å². The molecule has 1 heterocycles. The predicted molar refractivity (Wildman–Crippen MR) is 48.3 cm³/mol. The van der Waals surface area contributed by atoms with Crippen molar-refractivity contribution in [3.05, 3.63) is 0 Å². The number of hydrogen-bond donors (Lipinski definition) is 1. The van der Waals surface area contributed by atoms with Gasteiger partial charge in [0.15, 0.2) is 0 Å². The third kappa shape index (κ3) is 2.44. The molecular weight excluding hydrogens is 154 g/mol. The fraction of sp³-hybridized carbons (Fsp3) is 1.00. The van der Waals surface area contributed by atoms with E-state index in [1.807, 2.05) is 6.92 Å². The average molecular weight is 173 g/mol. The summed E-state index contributed by atoms with van der Waals surface area (Å²) in [5.74, 6) is 0. The average Bonchev–Trinajstić information content (AvgIpc) is 2.16. The van der Waals surface area contributed by atoms with Gasteiger partial charge in [0.05, 0.1) is 12.2 Å². The molecule has 1 saturated heterocycles. The van der Waals surface area contributed by atoms with Crippen LogP contribution in [0.3, 0.4) is 0 Å². The van der Waals surface area contributed by atoms with Crippen molar-refractivity contribution in [3.63, 3.8) is 0 Å². The Hall–Kier alpha value is -0.120. The van der Waals surface area contributed by atoms with E-state index >= 15 is 0 Å². The van der Waals surface area contributed by atoms with Crippen LogP contribution in [0.15, 0.2) is 0 Å². The minimum absolute atomic E-state index is 0.0126. The molecule has 1 N–H and O–H groups in total. The minimum atomic E-state index is -0.0126. The van der Waals surface area contributed by atoms with Gasteiger partial charge in [0, 0.05) is 13.7 Å². The number of hydrogen-bond acceptors (Lipinski definition) is 3. The van der Waals surface area contributed by atoms with Gasteiger partial charge in [-0.05, 0) is 32.9 Å². The maximum Gasteiger partial charge on any atom is 0.0935 e. The van der Waals surface area contributed by atoms with Crippen LogP contribution >= 0.6 is 0 Å². The summed E-state index contributed by atoms with van der Waals surface area (Å²) < 4.78 is 10.9. The lowest BCUT2D eigenvalue weighted by Crippen LogP contribution is -2.46. The summed E-state index contributed by atoms with van der Waals surface area (Å²) in [7, 11) is 1.78. The van der Waals surface area contributed by atoms with E-state index in [1.54, 1.807) is 7.11 Å². The monoisotopic (exact) mass is 173 g/mol. The number of rotatable bonds is 4. The van der Waals surface area contributed by atoms with E-state index in [1.165, 1.54) is 0 Å². The van der Waals surface area contributed by atoms with Crippen LogP contribution in [-0.2, 0) is 9.47 Å². The Balaban J connectivity index is 2.37. The molecule has 0 amide bonds. The van der Waals surface area contributed by atoms with Crippen molar-refractivity contribution < 1.29 is 9.47 Å². The molecule has 0 aromatic carbocycles. The van der Waals surface area contributed by atoms with Gasteiger partial charge in [-0.15, -0.1) is 0 Å². The van der Waals surface area contributed by atoms with Crippen molar-refractivity contribution in [1.82, 2.24) is 5.32 Å². The second-order valence-corrected chi connectivity index (χ2v) is 3.27. The first-order chi connectivity index (χ1) is 5.83. The highest BCUT2D eigenvalue weighted by molar-refractivity contribution is 4.85. The SMILES string of the molecule is CCOCC1(OC)CCNCC1. The van der Waals surface area contributed by atoms with Gasteiger partial charge in [-0.2, -0.15) is 0 Å². The lowest BCUT2D eigenvalue weighted by Gasteiger charge is -2.35. The van der Waals surface area contributed by atoms with Crippen LogP contribution < -0.4 is 5.32 Å². The smallest absolute Gasteiger partial charge is 0.0935 e. The van der Waals surface area contributed by atoms with Crippen LogP contribution in [0.5, 0.6) is 0 Å². The normalized spacial score (nSPS) is 22.5. The highest BCUT2D eigenvalue weighted by atomic mass is 16.5. The topological polar surface area (TPSA) is 30.5 Å². The molecule has 0 aliphatic carbocycles. The fourth-order valence-corrected chi connectivity index (χ4v) is 1.58. The van der Waals surface area contributed by atoms with Crippen LogP contribution in [-0.4, -0.2) is 39.0 Å². The van der Waals surface area contributed by atoms with Crippen molar-refractivity contribution in [2.24, 2.45) is 0 Å². The third-order valence-corrected chi connectivity index (χ3v) is 2.52. The van der Waals surface area contributed by atoms with E-state index in [0.717, 1.165) is 39.1 Å². The predicted octanol–water partition coefficient (Wildman–Crippen LogP) is 0.791. The van der Waals surface area contributed by atoms with Gasteiger partial charge < -0.3 is 14.8 Å². The fourth-order valence-electron chi connectivity index (χ4n) is 1.58. The van der Waals surface area contributed by atoms with E-state index in [-0.39, 0.29) is 5.60 Å². The highest BCUT2D eigenvalue weighted by Crippen LogP contribution is 2.22. The summed E-state index contributed by atoms with van der Waals surface area (Å²) in [5, 5.41) is 3.31. The molecule has 0 aromatic rings. The largest absolute Gasteiger partial charge is 0.379 e. The Morgan fingerprint density at radius 3 is 2.50 bits per heavy atom. The number of methoxy groups -OCH3 is 1. The molecule has 1 aliphatic heterocycles. The van der Waals surface area contributed by atoms with Gasteiger partial charge in [0.2, 0.25) is 0 Å². The van der Waals surface area contributed by atoms with Crippen LogP contribution in [0.25, 0.3) is 0 Å². The lowest BCUT2D eigenvalue weighted by molar-refractivity contribution is -0.0896. The zero-order valence-corrected chi connectivity index (χ0v) is 8.06. The van der Waals surface area contributed by atoms with Gasteiger partial charge in [-0.25, -0.2) is 0 Å². The zero-order valence-electron chi connectivity index (χ0n) is 8.06. The van der Waals surface area contributed by atoms with Gasteiger partial charge in [0.25, 0.3) is 0 Å². The number of ether oxygens (including phenoxy) is 2. The molecule has 0 radical (unpaired) electrons. The summed E-state index contributed by atoms with van der Waals surface area (Å²) in [6, 6.07) is 0. The molecule has 0 bridgehead atoms. The van der Waals surface area contributed by atoms with Gasteiger partial charge in [-0.1, -0.05) is 0 Å². The summed E-state index contributed by atoms with van der Waals surface area (Å²) in [6.07, 6.45) is 2.12. The molecule has 1 aliphatic rings. The first kappa shape index (κ1) is 9.96. The Morgan fingerprint density at radius 2 is 2.00 bits per heavy atom. The molecule has 12 heavy (non-hydrogen) atoms. The first-order valence-corrected chi connectivity index (χ1v) is 4.66. The quantitative estimate of drug-likeness (QED) is 0.682. The summed E-state index contributed by atoms with van der Waals surface area (Å²) in [6.45, 7) is 5.62. The van der Waals surface area contributed by atoms with E-state index < -0.39 is 0 Å². The number of nitrogens with one attached hydrogen (secondary N) is 1. The molecular formula is C9H19NO2. The van der Waals surface area contributed by atoms with Gasteiger partial charge >= 0.3 is 0 Å². The Labute approximate surface area is 74.4 Å². The highest BCUT2D eigenvalue weighted by Gasteiger charge is 2.31. The first-order valence-electron chi connectivity index (χ1n) is 4.66. The van der Waals surface area contributed by atoms with Crippen molar-refractivity contribution in [1.29, 1.82) is 0 Å². The molecule has 0 saturated carbocycles. The van der Waals surface area contributed by atoms with Crippen LogP contribution in [0.4, 0.5) is 0 Å². The Kier molecular flexibility index (Phi) is 3.98. The van der Waals surface area contributed by atoms with Crippen LogP contribution in [0.2, 0.25) is 0 Å². The standard InChI is InChI=1S/C9H19NO2/c1-3-12-8-9(11-2)4-6-10-7-5-9/h10H,3-8H2,1-2H3. The van der Waals surface area contributed by atoms with Crippen molar-refractivity contribution >= 4 is 0 Å². The van der Waals surface area contributed by atoms with Crippen molar-refractivity contribution in [2.75, 3.05) is 33.4 Å². The Bertz CT molecular complexity index is 122. The van der Waals surface area contributed by atoms with Gasteiger partial charge in [0.1, 0.15) is 0 Å². The number of piperidine rings is 1. The van der Waals surface area contributed by atoms with E-state index in [9.17, 15) is 0 Å². The molecule has 1 rings (SSSR count). The molecule has 72 valence electrons. The molecule has 0 atom stereocenters. The Morgan fingerprint density at radius 1 is 1.33 bits per heavy atom. The summed E-state index contributed by atoms with van der Waals surface area (Å²) in [4.78, 5) is 0. The summed E-state index contributed by atoms with van der Waals surface area (Å²) in [5.41, 5.74) is -0.0126.